The first-order valence-corrected chi connectivity index (χ1v) is 12.1. The number of hydrogen-bond acceptors (Lipinski definition) is 7. The quantitative estimate of drug-likeness (QED) is 0.422. The predicted molar refractivity (Wildman–Crippen MR) is 120 cm³/mol. The monoisotopic (exact) mass is 462 g/mol. The molecule has 1 heterocycles. The maximum Gasteiger partial charge on any atom is 0.243 e. The lowest BCUT2D eigenvalue weighted by atomic mass is 10.3. The maximum atomic E-state index is 13.1. The van der Waals surface area contributed by atoms with Gasteiger partial charge in [-0.25, -0.2) is 13.4 Å². The van der Waals surface area contributed by atoms with Crippen molar-refractivity contribution in [2.45, 2.75) is 31.4 Å². The zero-order valence-corrected chi connectivity index (χ0v) is 19.4. The van der Waals surface area contributed by atoms with E-state index >= 15 is 0 Å². The first kappa shape index (κ1) is 23.1. The fourth-order valence-electron chi connectivity index (χ4n) is 2.92. The summed E-state index contributed by atoms with van der Waals surface area (Å²) >= 11 is 1.45. The van der Waals surface area contributed by atoms with Gasteiger partial charge in [0.05, 0.1) is 31.4 Å². The van der Waals surface area contributed by atoms with Crippen LogP contribution < -0.4 is 14.2 Å². The van der Waals surface area contributed by atoms with E-state index in [0.29, 0.717) is 36.8 Å². The van der Waals surface area contributed by atoms with E-state index in [-0.39, 0.29) is 11.4 Å². The van der Waals surface area contributed by atoms with E-state index in [4.69, 9.17) is 14.2 Å². The number of methoxy groups -OCH3 is 2. The van der Waals surface area contributed by atoms with Crippen LogP contribution in [-0.2, 0) is 23.2 Å². The fraction of sp³-hybridized carbons (Fsp3) is 0.318. The number of nitrogens with zero attached hydrogens (tertiary/aromatic N) is 2. The minimum Gasteiger partial charge on any atom is -0.497 e. The van der Waals surface area contributed by atoms with Gasteiger partial charge in [-0.05, 0) is 55.0 Å². The van der Waals surface area contributed by atoms with Crippen LogP contribution in [-0.4, -0.2) is 38.5 Å². The molecule has 0 atom stereocenters. The Morgan fingerprint density at radius 3 is 2.10 bits per heavy atom. The van der Waals surface area contributed by atoms with Gasteiger partial charge in [-0.2, -0.15) is 4.31 Å². The van der Waals surface area contributed by atoms with Crippen LogP contribution in [0.15, 0.2) is 58.8 Å². The van der Waals surface area contributed by atoms with Gasteiger partial charge in [0, 0.05) is 11.9 Å². The average molecular weight is 463 g/mol. The third-order valence-electron chi connectivity index (χ3n) is 4.53. The van der Waals surface area contributed by atoms with Crippen LogP contribution in [0.2, 0.25) is 0 Å². The van der Waals surface area contributed by atoms with Gasteiger partial charge in [-0.1, -0.05) is 6.92 Å². The number of sulfonamides is 1. The number of aromatic nitrogens is 1. The first-order chi connectivity index (χ1) is 15.0. The summed E-state index contributed by atoms with van der Waals surface area (Å²) in [7, 11) is -0.478. The summed E-state index contributed by atoms with van der Waals surface area (Å²) in [6.07, 6.45) is 0.701. The summed E-state index contributed by atoms with van der Waals surface area (Å²) in [6, 6.07) is 13.7. The van der Waals surface area contributed by atoms with E-state index in [1.165, 1.54) is 15.6 Å². The van der Waals surface area contributed by atoms with Crippen molar-refractivity contribution >= 4 is 21.4 Å². The van der Waals surface area contributed by atoms with Gasteiger partial charge in [-0.3, -0.25) is 0 Å². The van der Waals surface area contributed by atoms with Crippen LogP contribution in [0.4, 0.5) is 0 Å². The SMILES string of the molecule is CCCN(Cc1csc(COc2ccc(OC)cc2)n1)S(=O)(=O)c1ccc(OC)cc1. The van der Waals surface area contributed by atoms with Crippen molar-refractivity contribution in [1.29, 1.82) is 0 Å². The molecule has 0 bridgehead atoms. The molecule has 0 spiro atoms. The van der Waals surface area contributed by atoms with Gasteiger partial charge < -0.3 is 14.2 Å². The topological polar surface area (TPSA) is 78.0 Å². The zero-order valence-electron chi connectivity index (χ0n) is 17.8. The molecule has 0 fully saturated rings. The molecule has 3 aromatic rings. The maximum absolute atomic E-state index is 13.1. The van der Waals surface area contributed by atoms with Crippen LogP contribution in [0.3, 0.4) is 0 Å². The predicted octanol–water partition coefficient (Wildman–Crippen LogP) is 4.34. The number of thiazole rings is 1. The van der Waals surface area contributed by atoms with Crippen molar-refractivity contribution in [1.82, 2.24) is 9.29 Å². The van der Waals surface area contributed by atoms with Crippen molar-refractivity contribution in [3.8, 4) is 17.2 Å². The molecule has 0 saturated carbocycles. The summed E-state index contributed by atoms with van der Waals surface area (Å²) in [5.74, 6) is 2.09. The van der Waals surface area contributed by atoms with Crippen LogP contribution >= 0.6 is 11.3 Å². The average Bonchev–Trinajstić information content (AvgIpc) is 3.25. The molecule has 31 heavy (non-hydrogen) atoms. The molecular formula is C22H26N2O5S2. The van der Waals surface area contributed by atoms with E-state index in [1.807, 2.05) is 36.6 Å². The third-order valence-corrected chi connectivity index (χ3v) is 7.26. The second-order valence-corrected chi connectivity index (χ2v) is 9.59. The van der Waals surface area contributed by atoms with Crippen LogP contribution in [0.5, 0.6) is 17.2 Å². The lowest BCUT2D eigenvalue weighted by Crippen LogP contribution is -2.31. The van der Waals surface area contributed by atoms with Gasteiger partial charge in [0.15, 0.2) is 0 Å². The molecule has 1 aromatic heterocycles. The van der Waals surface area contributed by atoms with Gasteiger partial charge in [0.1, 0.15) is 28.9 Å². The Kier molecular flexibility index (Phi) is 7.89. The summed E-state index contributed by atoms with van der Waals surface area (Å²) in [5.41, 5.74) is 0.698. The Balaban J connectivity index is 1.67. The standard InChI is InChI=1S/C22H26N2O5S2/c1-4-13-24(31(25,26)21-11-9-19(28-3)10-12-21)14-17-16-30-22(23-17)15-29-20-7-5-18(27-2)6-8-20/h5-12,16H,4,13-15H2,1-3H3. The molecular weight excluding hydrogens is 436 g/mol. The molecule has 0 saturated heterocycles. The van der Waals surface area contributed by atoms with Crippen molar-refractivity contribution in [3.63, 3.8) is 0 Å². The fourth-order valence-corrected chi connectivity index (χ4v) is 5.12. The molecule has 0 N–H and O–H groups in total. The summed E-state index contributed by atoms with van der Waals surface area (Å²) in [5, 5.41) is 2.66. The molecule has 0 aliphatic rings. The summed E-state index contributed by atoms with van der Waals surface area (Å²) < 4.78 is 43.7. The van der Waals surface area contributed by atoms with Gasteiger partial charge in [0.2, 0.25) is 10.0 Å². The zero-order chi connectivity index (χ0) is 22.3. The Morgan fingerprint density at radius 1 is 0.935 bits per heavy atom. The van der Waals surface area contributed by atoms with Crippen LogP contribution in [0.1, 0.15) is 24.0 Å². The second kappa shape index (κ2) is 10.6. The Morgan fingerprint density at radius 2 is 1.52 bits per heavy atom. The second-order valence-electron chi connectivity index (χ2n) is 6.71. The lowest BCUT2D eigenvalue weighted by Gasteiger charge is -2.21. The minimum absolute atomic E-state index is 0.210. The first-order valence-electron chi connectivity index (χ1n) is 9.80. The summed E-state index contributed by atoms with van der Waals surface area (Å²) in [4.78, 5) is 4.79. The van der Waals surface area contributed by atoms with Crippen LogP contribution in [0.25, 0.3) is 0 Å². The number of ether oxygens (including phenoxy) is 3. The van der Waals surface area contributed by atoms with E-state index in [1.54, 1.807) is 38.5 Å². The van der Waals surface area contributed by atoms with E-state index in [0.717, 1.165) is 10.8 Å². The van der Waals surface area contributed by atoms with Crippen LogP contribution in [0, 0.1) is 0 Å². The van der Waals surface area contributed by atoms with Gasteiger partial charge in [0.25, 0.3) is 0 Å². The van der Waals surface area contributed by atoms with Gasteiger partial charge in [-0.15, -0.1) is 11.3 Å². The van der Waals surface area contributed by atoms with E-state index in [9.17, 15) is 8.42 Å². The van der Waals surface area contributed by atoms with E-state index < -0.39 is 10.0 Å². The van der Waals surface area contributed by atoms with Crippen molar-refractivity contribution in [3.05, 3.63) is 64.6 Å². The molecule has 0 aliphatic carbocycles. The highest BCUT2D eigenvalue weighted by atomic mass is 32.2. The van der Waals surface area contributed by atoms with Crippen molar-refractivity contribution in [2.24, 2.45) is 0 Å². The molecule has 0 aliphatic heterocycles. The molecule has 166 valence electrons. The lowest BCUT2D eigenvalue weighted by molar-refractivity contribution is 0.304. The highest BCUT2D eigenvalue weighted by Gasteiger charge is 2.25. The smallest absolute Gasteiger partial charge is 0.243 e. The Bertz CT molecular complexity index is 1060. The highest BCUT2D eigenvalue weighted by Crippen LogP contribution is 2.23. The molecule has 0 unspecified atom stereocenters. The minimum atomic E-state index is -3.64. The highest BCUT2D eigenvalue weighted by molar-refractivity contribution is 7.89. The molecule has 9 heteroatoms. The van der Waals surface area contributed by atoms with Crippen molar-refractivity contribution < 1.29 is 22.6 Å². The number of rotatable bonds is 11. The Labute approximate surface area is 187 Å². The molecule has 2 aromatic carbocycles. The molecule has 3 rings (SSSR count). The number of hydrogen-bond donors (Lipinski definition) is 0. The molecule has 0 amide bonds. The van der Waals surface area contributed by atoms with E-state index in [2.05, 4.69) is 4.98 Å². The molecule has 0 radical (unpaired) electrons. The normalized spacial score (nSPS) is 11.5. The largest absolute Gasteiger partial charge is 0.497 e. The molecule has 7 nitrogen and oxygen atoms in total. The summed E-state index contributed by atoms with van der Waals surface area (Å²) in [6.45, 7) is 2.88. The van der Waals surface area contributed by atoms with Gasteiger partial charge >= 0.3 is 0 Å². The number of benzene rings is 2. The van der Waals surface area contributed by atoms with Crippen molar-refractivity contribution in [2.75, 3.05) is 20.8 Å². The Hall–Kier alpha value is -2.62. The third kappa shape index (κ3) is 5.96.